The van der Waals surface area contributed by atoms with Gasteiger partial charge in [-0.3, -0.25) is 9.59 Å². The van der Waals surface area contributed by atoms with Crippen molar-refractivity contribution in [1.82, 2.24) is 9.88 Å². The first-order valence-corrected chi connectivity index (χ1v) is 10.1. The van der Waals surface area contributed by atoms with Crippen molar-refractivity contribution in [3.63, 3.8) is 0 Å². The van der Waals surface area contributed by atoms with Crippen molar-refractivity contribution in [1.29, 1.82) is 0 Å². The SMILES string of the molecule is CN1C(=c2sc(=C3SC(=S)NC3=O)n(C)c2=O)C(C)(C)c2ccccc21. The molecule has 1 N–H and O–H groups in total. The molecule has 8 heteroatoms. The number of rotatable bonds is 0. The van der Waals surface area contributed by atoms with Crippen molar-refractivity contribution in [3.05, 3.63) is 49.4 Å². The maximum Gasteiger partial charge on any atom is 0.270 e. The molecule has 5 nitrogen and oxygen atoms in total. The molecule has 3 heterocycles. The Kier molecular flexibility index (Phi) is 3.91. The minimum Gasteiger partial charge on any atom is -0.346 e. The summed E-state index contributed by atoms with van der Waals surface area (Å²) in [4.78, 5) is 27.8. The van der Waals surface area contributed by atoms with E-state index in [1.165, 1.54) is 28.7 Å². The van der Waals surface area contributed by atoms with E-state index < -0.39 is 0 Å². The molecule has 1 aromatic carbocycles. The van der Waals surface area contributed by atoms with Gasteiger partial charge in [0.1, 0.15) is 18.4 Å². The molecule has 0 spiro atoms. The second kappa shape index (κ2) is 5.80. The van der Waals surface area contributed by atoms with Gasteiger partial charge in [-0.25, -0.2) is 0 Å². The van der Waals surface area contributed by atoms with Gasteiger partial charge in [-0.05, 0) is 11.6 Å². The van der Waals surface area contributed by atoms with Crippen LogP contribution in [0.15, 0.2) is 29.1 Å². The number of anilines is 1. The molecule has 0 saturated carbocycles. The summed E-state index contributed by atoms with van der Waals surface area (Å²) >= 11 is 7.65. The van der Waals surface area contributed by atoms with Crippen molar-refractivity contribution >= 4 is 61.8 Å². The lowest BCUT2D eigenvalue weighted by Crippen LogP contribution is -2.37. The molecular formula is C18H17N3O2S3. The molecule has 1 amide bonds. The number of fused-ring (bicyclic) bond motifs is 1. The third-order valence-electron chi connectivity index (χ3n) is 4.89. The largest absolute Gasteiger partial charge is 0.346 e. The number of nitrogens with zero attached hydrogens (tertiary/aromatic N) is 2. The molecule has 2 aliphatic rings. The molecule has 1 fully saturated rings. The highest BCUT2D eigenvalue weighted by Gasteiger charge is 2.40. The van der Waals surface area contributed by atoms with Gasteiger partial charge in [-0.2, -0.15) is 0 Å². The Labute approximate surface area is 164 Å². The molecule has 134 valence electrons. The van der Waals surface area contributed by atoms with Crippen molar-refractivity contribution in [2.75, 3.05) is 11.9 Å². The molecule has 2 aliphatic heterocycles. The number of benzene rings is 1. The van der Waals surface area contributed by atoms with Crippen LogP contribution in [0.5, 0.6) is 0 Å². The number of thiazole rings is 1. The summed E-state index contributed by atoms with van der Waals surface area (Å²) in [6.45, 7) is 4.26. The van der Waals surface area contributed by atoms with Crippen molar-refractivity contribution in [3.8, 4) is 0 Å². The van der Waals surface area contributed by atoms with E-state index in [1.807, 2.05) is 19.2 Å². The van der Waals surface area contributed by atoms with Gasteiger partial charge in [-0.1, -0.05) is 56.0 Å². The van der Waals surface area contributed by atoms with E-state index in [4.69, 9.17) is 12.2 Å². The molecule has 0 radical (unpaired) electrons. The number of hydrogen-bond donors (Lipinski definition) is 1. The van der Waals surface area contributed by atoms with Gasteiger partial charge in [0.05, 0.1) is 5.70 Å². The first kappa shape index (κ1) is 17.5. The van der Waals surface area contributed by atoms with Gasteiger partial charge in [0.15, 0.2) is 0 Å². The molecule has 0 bridgehead atoms. The fourth-order valence-electron chi connectivity index (χ4n) is 3.65. The summed E-state index contributed by atoms with van der Waals surface area (Å²) in [7, 11) is 3.69. The summed E-state index contributed by atoms with van der Waals surface area (Å²) < 4.78 is 3.27. The van der Waals surface area contributed by atoms with E-state index >= 15 is 0 Å². The smallest absolute Gasteiger partial charge is 0.270 e. The maximum absolute atomic E-state index is 13.0. The van der Waals surface area contributed by atoms with Crippen molar-refractivity contribution in [2.45, 2.75) is 19.3 Å². The second-order valence-electron chi connectivity index (χ2n) is 6.82. The van der Waals surface area contributed by atoms with Crippen LogP contribution >= 0.6 is 35.3 Å². The number of thioether (sulfide) groups is 1. The number of carbonyl (C=O) groups is 1. The topological polar surface area (TPSA) is 54.3 Å². The Morgan fingerprint density at radius 2 is 1.85 bits per heavy atom. The van der Waals surface area contributed by atoms with Crippen LogP contribution < -0.4 is 25.0 Å². The molecule has 0 unspecified atom stereocenters. The molecule has 0 aliphatic carbocycles. The molecule has 26 heavy (non-hydrogen) atoms. The Morgan fingerprint density at radius 3 is 2.46 bits per heavy atom. The summed E-state index contributed by atoms with van der Waals surface area (Å²) in [5, 5.41) is 2.62. The van der Waals surface area contributed by atoms with Gasteiger partial charge in [0, 0.05) is 25.2 Å². The molecular weight excluding hydrogens is 386 g/mol. The minimum absolute atomic E-state index is 0.0913. The number of hydrogen-bond acceptors (Lipinski definition) is 6. The zero-order valence-electron chi connectivity index (χ0n) is 14.7. The van der Waals surface area contributed by atoms with E-state index in [0.717, 1.165) is 11.4 Å². The van der Waals surface area contributed by atoms with Gasteiger partial charge >= 0.3 is 0 Å². The second-order valence-corrected chi connectivity index (χ2v) is 9.51. The number of para-hydroxylation sites is 1. The van der Waals surface area contributed by atoms with Crippen molar-refractivity contribution < 1.29 is 4.79 Å². The van der Waals surface area contributed by atoms with Crippen LogP contribution in [-0.4, -0.2) is 21.8 Å². The Hall–Kier alpha value is -1.90. The van der Waals surface area contributed by atoms with Crippen LogP contribution in [0.2, 0.25) is 0 Å². The van der Waals surface area contributed by atoms with Crippen LogP contribution in [0.25, 0.3) is 10.6 Å². The van der Waals surface area contributed by atoms with Crippen LogP contribution in [0.1, 0.15) is 19.4 Å². The van der Waals surface area contributed by atoms with Crippen LogP contribution in [0.4, 0.5) is 5.69 Å². The Balaban J connectivity index is 2.09. The lowest BCUT2D eigenvalue weighted by molar-refractivity contribution is -0.113. The van der Waals surface area contributed by atoms with Gasteiger partial charge in [0.25, 0.3) is 11.5 Å². The van der Waals surface area contributed by atoms with Crippen LogP contribution in [-0.2, 0) is 17.3 Å². The molecule has 1 aromatic heterocycles. The lowest BCUT2D eigenvalue weighted by atomic mass is 9.84. The van der Waals surface area contributed by atoms with Crippen LogP contribution in [0, 0.1) is 0 Å². The fourth-order valence-corrected chi connectivity index (χ4v) is 6.26. The van der Waals surface area contributed by atoms with E-state index in [9.17, 15) is 9.59 Å². The quantitative estimate of drug-likeness (QED) is 0.671. The third-order valence-corrected chi connectivity index (χ3v) is 7.49. The fraction of sp³-hybridized carbons (Fsp3) is 0.278. The normalized spacial score (nSPS) is 22.7. The molecule has 4 rings (SSSR count). The molecule has 2 aromatic rings. The highest BCUT2D eigenvalue weighted by molar-refractivity contribution is 8.30. The zero-order chi connectivity index (χ0) is 18.8. The summed E-state index contributed by atoms with van der Waals surface area (Å²) in [6.07, 6.45) is 0. The summed E-state index contributed by atoms with van der Waals surface area (Å²) in [6, 6.07) is 8.19. The number of thiocarbonyl (C=S) groups is 1. The summed E-state index contributed by atoms with van der Waals surface area (Å²) in [5.41, 5.74) is 2.86. The number of amides is 1. The van der Waals surface area contributed by atoms with Gasteiger partial charge in [0.2, 0.25) is 0 Å². The summed E-state index contributed by atoms with van der Waals surface area (Å²) in [5.74, 6) is -0.240. The van der Waals surface area contributed by atoms with Gasteiger partial charge < -0.3 is 14.8 Å². The minimum atomic E-state index is -0.301. The highest BCUT2D eigenvalue weighted by atomic mass is 32.2. The average molecular weight is 404 g/mol. The lowest BCUT2D eigenvalue weighted by Gasteiger charge is -2.23. The Bertz CT molecular complexity index is 1160. The predicted octanol–water partition coefficient (Wildman–Crippen LogP) is 1.24. The predicted molar refractivity (Wildman–Crippen MR) is 112 cm³/mol. The molecule has 0 atom stereocenters. The van der Waals surface area contributed by atoms with Gasteiger partial charge in [-0.15, -0.1) is 11.3 Å². The van der Waals surface area contributed by atoms with E-state index in [1.54, 1.807) is 11.6 Å². The number of nitrogens with one attached hydrogen (secondary N) is 1. The third kappa shape index (κ3) is 2.32. The van der Waals surface area contributed by atoms with E-state index in [-0.39, 0.29) is 16.9 Å². The van der Waals surface area contributed by atoms with Crippen LogP contribution in [0.3, 0.4) is 0 Å². The average Bonchev–Trinajstić information content (AvgIpc) is 3.14. The monoisotopic (exact) mass is 403 g/mol. The number of carbonyl (C=O) groups excluding carboxylic acids is 1. The van der Waals surface area contributed by atoms with E-state index in [2.05, 4.69) is 36.2 Å². The first-order valence-electron chi connectivity index (χ1n) is 8.05. The first-order chi connectivity index (χ1) is 12.2. The zero-order valence-corrected chi connectivity index (χ0v) is 17.2. The van der Waals surface area contributed by atoms with Crippen molar-refractivity contribution in [2.24, 2.45) is 7.05 Å². The highest BCUT2D eigenvalue weighted by Crippen LogP contribution is 2.46. The maximum atomic E-state index is 13.0. The Morgan fingerprint density at radius 1 is 1.15 bits per heavy atom. The number of likely N-dealkylation sites (N-methyl/N-ethyl adjacent to an activating group) is 1. The number of aromatic nitrogens is 1. The van der Waals surface area contributed by atoms with E-state index in [0.29, 0.717) is 18.4 Å². The molecule has 1 saturated heterocycles. The standard InChI is InChI=1S/C18H17N3O2S3/c1-18(2)9-7-5-6-8-10(9)20(3)13(18)11-15(23)21(4)16(25-11)12-14(22)19-17(24)26-12/h5-8H,1-4H3,(H,19,22,24).